The summed E-state index contributed by atoms with van der Waals surface area (Å²) in [5.41, 5.74) is 1.43. The molecule has 30 heavy (non-hydrogen) atoms. The highest BCUT2D eigenvalue weighted by atomic mass is 35.5. The van der Waals surface area contributed by atoms with Crippen molar-refractivity contribution in [3.05, 3.63) is 94.5 Å². The van der Waals surface area contributed by atoms with E-state index in [9.17, 15) is 9.59 Å². The summed E-state index contributed by atoms with van der Waals surface area (Å²) in [6.07, 6.45) is 2.86. The maximum Gasteiger partial charge on any atom is 0.331 e. The van der Waals surface area contributed by atoms with Gasteiger partial charge in [0.1, 0.15) is 0 Å². The fraction of sp³-hybridized carbons (Fsp3) is 0.0435. The van der Waals surface area contributed by atoms with Gasteiger partial charge in [-0.25, -0.2) is 4.79 Å². The Morgan fingerprint density at radius 1 is 0.900 bits per heavy atom. The lowest BCUT2D eigenvalue weighted by Crippen LogP contribution is -2.20. The van der Waals surface area contributed by atoms with E-state index in [0.29, 0.717) is 15.7 Å². The van der Waals surface area contributed by atoms with Gasteiger partial charge in [0, 0.05) is 25.9 Å². The van der Waals surface area contributed by atoms with Crippen molar-refractivity contribution in [1.82, 2.24) is 0 Å². The second kappa shape index (κ2) is 10.9. The Labute approximate surface area is 188 Å². The van der Waals surface area contributed by atoms with E-state index in [-0.39, 0.29) is 6.61 Å². The zero-order valence-corrected chi connectivity index (χ0v) is 18.0. The molecule has 152 valence electrons. The molecule has 0 aliphatic rings. The quantitative estimate of drug-likeness (QED) is 0.332. The average Bonchev–Trinajstić information content (AvgIpc) is 2.75. The number of esters is 1. The highest BCUT2D eigenvalue weighted by Crippen LogP contribution is 2.33. The smallest absolute Gasteiger partial charge is 0.331 e. The van der Waals surface area contributed by atoms with E-state index >= 15 is 0 Å². The van der Waals surface area contributed by atoms with Crippen LogP contribution in [0.15, 0.2) is 88.7 Å². The van der Waals surface area contributed by atoms with Crippen molar-refractivity contribution in [1.29, 1.82) is 0 Å². The highest BCUT2D eigenvalue weighted by Gasteiger charge is 2.10. The number of anilines is 1. The lowest BCUT2D eigenvalue weighted by Gasteiger charge is -2.11. The van der Waals surface area contributed by atoms with Crippen molar-refractivity contribution in [2.75, 3.05) is 11.9 Å². The molecule has 0 aromatic heterocycles. The van der Waals surface area contributed by atoms with Crippen LogP contribution in [0.25, 0.3) is 6.08 Å². The van der Waals surface area contributed by atoms with E-state index in [0.717, 1.165) is 15.4 Å². The van der Waals surface area contributed by atoms with E-state index in [1.165, 1.54) is 17.8 Å². The van der Waals surface area contributed by atoms with Gasteiger partial charge in [0.05, 0.1) is 5.69 Å². The summed E-state index contributed by atoms with van der Waals surface area (Å²) in [4.78, 5) is 25.9. The second-order valence-corrected chi connectivity index (χ2v) is 8.08. The summed E-state index contributed by atoms with van der Waals surface area (Å²) in [5, 5.41) is 4.05. The standard InChI is InChI=1S/C23H17Cl2NO3S/c24-17-8-5-16(6-9-17)7-14-23(28)29-15-22(27)26-20-3-1-2-4-21(20)30-19-12-10-18(25)11-13-19/h1-14H,15H2,(H,26,27). The number of nitrogens with one attached hydrogen (secondary N) is 1. The molecule has 0 unspecified atom stereocenters. The highest BCUT2D eigenvalue weighted by molar-refractivity contribution is 7.99. The molecule has 0 atom stereocenters. The Bertz CT molecular complexity index is 1050. The summed E-state index contributed by atoms with van der Waals surface area (Å²) in [6, 6.07) is 21.8. The molecule has 0 aliphatic carbocycles. The summed E-state index contributed by atoms with van der Waals surface area (Å²) in [7, 11) is 0. The van der Waals surface area contributed by atoms with Crippen LogP contribution in [0.2, 0.25) is 10.0 Å². The van der Waals surface area contributed by atoms with Crippen molar-refractivity contribution in [3.8, 4) is 0 Å². The van der Waals surface area contributed by atoms with Crippen molar-refractivity contribution in [3.63, 3.8) is 0 Å². The predicted molar refractivity (Wildman–Crippen MR) is 122 cm³/mol. The Hall–Kier alpha value is -2.73. The van der Waals surface area contributed by atoms with Crippen LogP contribution in [0.3, 0.4) is 0 Å². The van der Waals surface area contributed by atoms with Crippen molar-refractivity contribution in [2.45, 2.75) is 9.79 Å². The summed E-state index contributed by atoms with van der Waals surface area (Å²) >= 11 is 13.2. The first-order valence-corrected chi connectivity index (χ1v) is 10.5. The van der Waals surface area contributed by atoms with Gasteiger partial charge in [-0.15, -0.1) is 0 Å². The average molecular weight is 458 g/mol. The first kappa shape index (κ1) is 22.0. The normalized spacial score (nSPS) is 10.7. The Morgan fingerprint density at radius 3 is 2.23 bits per heavy atom. The maximum absolute atomic E-state index is 12.2. The molecule has 0 fully saturated rings. The third-order valence-electron chi connectivity index (χ3n) is 3.83. The number of amides is 1. The number of benzene rings is 3. The van der Waals surface area contributed by atoms with Crippen LogP contribution in [0.5, 0.6) is 0 Å². The number of hydrogen-bond donors (Lipinski definition) is 1. The van der Waals surface area contributed by atoms with Crippen LogP contribution >= 0.6 is 35.0 Å². The lowest BCUT2D eigenvalue weighted by atomic mass is 10.2. The van der Waals surface area contributed by atoms with Gasteiger partial charge in [-0.2, -0.15) is 0 Å². The molecule has 1 amide bonds. The van der Waals surface area contributed by atoms with Gasteiger partial charge in [-0.05, 0) is 60.2 Å². The Kier molecular flexibility index (Phi) is 7.97. The third kappa shape index (κ3) is 6.95. The monoisotopic (exact) mass is 457 g/mol. The molecule has 0 saturated heterocycles. The molecule has 7 heteroatoms. The van der Waals surface area contributed by atoms with Gasteiger partial charge in [-0.3, -0.25) is 4.79 Å². The van der Waals surface area contributed by atoms with E-state index in [2.05, 4.69) is 5.32 Å². The number of hydrogen-bond acceptors (Lipinski definition) is 4. The molecular formula is C23H17Cl2NO3S. The van der Waals surface area contributed by atoms with Crippen LogP contribution in [-0.2, 0) is 14.3 Å². The zero-order valence-electron chi connectivity index (χ0n) is 15.7. The lowest BCUT2D eigenvalue weighted by molar-refractivity contribution is -0.142. The van der Waals surface area contributed by atoms with E-state index in [1.807, 2.05) is 42.5 Å². The fourth-order valence-electron chi connectivity index (χ4n) is 2.40. The Balaban J connectivity index is 1.54. The van der Waals surface area contributed by atoms with Crippen LogP contribution in [-0.4, -0.2) is 18.5 Å². The molecule has 1 N–H and O–H groups in total. The molecule has 0 radical (unpaired) electrons. The van der Waals surface area contributed by atoms with Gasteiger partial charge in [0.25, 0.3) is 5.91 Å². The largest absolute Gasteiger partial charge is 0.452 e. The number of halogens is 2. The molecule has 0 bridgehead atoms. The van der Waals surface area contributed by atoms with Crippen molar-refractivity contribution in [2.24, 2.45) is 0 Å². The number of carbonyl (C=O) groups excluding carboxylic acids is 2. The van der Waals surface area contributed by atoms with Crippen molar-refractivity contribution >= 4 is 58.6 Å². The molecule has 0 aliphatic heterocycles. The molecule has 3 aromatic carbocycles. The van der Waals surface area contributed by atoms with Gasteiger partial charge in [0.15, 0.2) is 6.61 Å². The molecule has 0 heterocycles. The fourth-order valence-corrected chi connectivity index (χ4v) is 3.55. The van der Waals surface area contributed by atoms with E-state index < -0.39 is 11.9 Å². The number of para-hydroxylation sites is 1. The number of carbonyl (C=O) groups is 2. The summed E-state index contributed by atoms with van der Waals surface area (Å²) in [5.74, 6) is -1.03. The van der Waals surface area contributed by atoms with Gasteiger partial charge in [-0.1, -0.05) is 59.2 Å². The van der Waals surface area contributed by atoms with E-state index in [1.54, 1.807) is 36.4 Å². The molecule has 3 rings (SSSR count). The molecular weight excluding hydrogens is 441 g/mol. The minimum absolute atomic E-state index is 0.385. The summed E-state index contributed by atoms with van der Waals surface area (Å²) in [6.45, 7) is -0.385. The van der Waals surface area contributed by atoms with Gasteiger partial charge < -0.3 is 10.1 Å². The summed E-state index contributed by atoms with van der Waals surface area (Å²) < 4.78 is 5.01. The van der Waals surface area contributed by atoms with Crippen molar-refractivity contribution < 1.29 is 14.3 Å². The van der Waals surface area contributed by atoms with Crippen LogP contribution in [0.1, 0.15) is 5.56 Å². The topological polar surface area (TPSA) is 55.4 Å². The van der Waals surface area contributed by atoms with Crippen LogP contribution < -0.4 is 5.32 Å². The second-order valence-electron chi connectivity index (χ2n) is 6.09. The van der Waals surface area contributed by atoms with E-state index in [4.69, 9.17) is 27.9 Å². The Morgan fingerprint density at radius 2 is 1.53 bits per heavy atom. The van der Waals surface area contributed by atoms with Crippen LogP contribution in [0, 0.1) is 0 Å². The predicted octanol–water partition coefficient (Wildman–Crippen LogP) is 6.34. The maximum atomic E-state index is 12.2. The zero-order chi connectivity index (χ0) is 21.3. The SMILES string of the molecule is O=C(COC(=O)C=Cc1ccc(Cl)cc1)Nc1ccccc1Sc1ccc(Cl)cc1. The van der Waals surface area contributed by atoms with Crippen LogP contribution in [0.4, 0.5) is 5.69 Å². The first-order valence-electron chi connectivity index (χ1n) is 8.92. The molecule has 0 spiro atoms. The first-order chi connectivity index (χ1) is 14.5. The van der Waals surface area contributed by atoms with Gasteiger partial charge in [0.2, 0.25) is 0 Å². The minimum atomic E-state index is -0.607. The third-order valence-corrected chi connectivity index (χ3v) is 5.42. The van der Waals surface area contributed by atoms with Gasteiger partial charge >= 0.3 is 5.97 Å². The number of rotatable bonds is 7. The molecule has 4 nitrogen and oxygen atoms in total. The number of ether oxygens (including phenoxy) is 1. The molecule has 0 saturated carbocycles. The molecule has 3 aromatic rings. The minimum Gasteiger partial charge on any atom is -0.452 e.